The maximum atomic E-state index is 12.3. The molecule has 0 atom stereocenters. The molecule has 0 bridgehead atoms. The molecule has 29 heavy (non-hydrogen) atoms. The number of halogens is 7. The van der Waals surface area contributed by atoms with Crippen LogP contribution >= 0.6 is 11.6 Å². The average Bonchev–Trinajstić information content (AvgIpc) is 2.64. The summed E-state index contributed by atoms with van der Waals surface area (Å²) in [6.07, 6.45) is -6.79. The van der Waals surface area contributed by atoms with Crippen LogP contribution in [0.2, 0.25) is 5.28 Å². The fourth-order valence-electron chi connectivity index (χ4n) is 1.48. The number of carbonyl (C=O) groups excluding carboxylic acids is 1. The lowest BCUT2D eigenvalue weighted by Crippen LogP contribution is -2.09. The van der Waals surface area contributed by atoms with E-state index >= 15 is 0 Å². The molecule has 6 nitrogen and oxygen atoms in total. The molecule has 0 fully saturated rings. The zero-order valence-corrected chi connectivity index (χ0v) is 15.2. The lowest BCUT2D eigenvalue weighted by atomic mass is 10.3. The first-order chi connectivity index (χ1) is 13.4. The van der Waals surface area contributed by atoms with E-state index in [0.29, 0.717) is 0 Å². The number of esters is 1. The van der Waals surface area contributed by atoms with Gasteiger partial charge in [-0.3, -0.25) is 4.79 Å². The van der Waals surface area contributed by atoms with Gasteiger partial charge in [-0.1, -0.05) is 5.92 Å². The molecule has 0 radical (unpaired) electrons. The predicted molar refractivity (Wildman–Crippen MR) is 87.2 cm³/mol. The average molecular weight is 441 g/mol. The van der Waals surface area contributed by atoms with Crippen molar-refractivity contribution >= 4 is 17.6 Å². The lowest BCUT2D eigenvalue weighted by Gasteiger charge is -2.03. The molecule has 0 amide bonds. The lowest BCUT2D eigenvalue weighted by molar-refractivity contribution is -0.142. The van der Waals surface area contributed by atoms with Gasteiger partial charge in [0.1, 0.15) is 11.4 Å². The summed E-state index contributed by atoms with van der Waals surface area (Å²) in [5.74, 6) is 4.20. The van der Waals surface area contributed by atoms with Gasteiger partial charge in [-0.25, -0.2) is 19.9 Å². The molecule has 0 aromatic carbocycles. The van der Waals surface area contributed by atoms with Crippen LogP contribution in [0.5, 0.6) is 0 Å². The van der Waals surface area contributed by atoms with Gasteiger partial charge in [0.15, 0.2) is 0 Å². The predicted octanol–water partition coefficient (Wildman–Crippen LogP) is 3.95. The molecule has 0 N–H and O–H groups in total. The van der Waals surface area contributed by atoms with E-state index < -0.39 is 35.0 Å². The summed E-state index contributed by atoms with van der Waals surface area (Å²) in [4.78, 5) is 23.9. The number of methoxy groups -OCH3 is 1. The number of hydrogen-bond acceptors (Lipinski definition) is 6. The van der Waals surface area contributed by atoms with Crippen molar-refractivity contribution in [3.8, 4) is 11.8 Å². The van der Waals surface area contributed by atoms with E-state index in [2.05, 4.69) is 36.5 Å². The molecule has 2 aromatic heterocycles. The highest BCUT2D eigenvalue weighted by Gasteiger charge is 2.33. The van der Waals surface area contributed by atoms with Crippen LogP contribution in [0.25, 0.3) is 0 Å². The van der Waals surface area contributed by atoms with Gasteiger partial charge in [-0.15, -0.1) is 0 Å². The van der Waals surface area contributed by atoms with E-state index in [1.807, 2.05) is 0 Å². The van der Waals surface area contributed by atoms with Gasteiger partial charge < -0.3 is 4.74 Å². The number of carbonyl (C=O) groups is 1. The van der Waals surface area contributed by atoms with Crippen molar-refractivity contribution in [3.63, 3.8) is 0 Å². The molecule has 0 spiro atoms. The number of aromatic nitrogens is 4. The minimum atomic E-state index is -4.52. The third kappa shape index (κ3) is 9.20. The minimum absolute atomic E-state index is 0.0719. The molecule has 0 unspecified atom stereocenters. The molecule has 156 valence electrons. The third-order valence-corrected chi connectivity index (χ3v) is 2.93. The Balaban J connectivity index is 0.000000326. The van der Waals surface area contributed by atoms with Crippen molar-refractivity contribution in [2.24, 2.45) is 0 Å². The van der Waals surface area contributed by atoms with Gasteiger partial charge in [-0.2, -0.15) is 26.3 Å². The monoisotopic (exact) mass is 440 g/mol. The molecular formula is C16H11ClF6N4O2. The van der Waals surface area contributed by atoms with Gasteiger partial charge in [0, 0.05) is 18.8 Å². The Kier molecular flexibility index (Phi) is 8.78. The SMILES string of the molecule is COC(=O)CCC#Cc1nccc(C(F)(F)F)n1.FC(F)(F)c1ccnc(Cl)n1. The molecule has 0 aliphatic rings. The Morgan fingerprint density at radius 2 is 1.59 bits per heavy atom. The summed E-state index contributed by atoms with van der Waals surface area (Å²) in [5.41, 5.74) is -2.08. The van der Waals surface area contributed by atoms with Crippen molar-refractivity contribution in [2.45, 2.75) is 25.2 Å². The second kappa shape index (κ2) is 10.6. The summed E-state index contributed by atoms with van der Waals surface area (Å²) in [7, 11) is 1.24. The molecule has 13 heteroatoms. The van der Waals surface area contributed by atoms with Crippen LogP contribution in [-0.2, 0) is 21.9 Å². The van der Waals surface area contributed by atoms with Crippen LogP contribution in [0, 0.1) is 11.8 Å². The number of alkyl halides is 6. The Bertz CT molecular complexity index is 893. The molecule has 0 aliphatic carbocycles. The molecular weight excluding hydrogens is 430 g/mol. The first kappa shape index (κ1) is 24.1. The molecule has 2 rings (SSSR count). The van der Waals surface area contributed by atoms with Crippen molar-refractivity contribution < 1.29 is 35.9 Å². The van der Waals surface area contributed by atoms with Crippen LogP contribution in [0.4, 0.5) is 26.3 Å². The first-order valence-corrected chi connectivity index (χ1v) is 7.83. The largest absolute Gasteiger partial charge is 0.469 e. The second-order valence-corrected chi connectivity index (χ2v) is 5.19. The highest BCUT2D eigenvalue weighted by molar-refractivity contribution is 6.28. The molecule has 2 heterocycles. The molecule has 0 aliphatic heterocycles. The third-order valence-electron chi connectivity index (χ3n) is 2.74. The van der Waals surface area contributed by atoms with Gasteiger partial charge in [-0.05, 0) is 29.7 Å². The van der Waals surface area contributed by atoms with Crippen molar-refractivity contribution in [3.05, 3.63) is 47.0 Å². The maximum Gasteiger partial charge on any atom is 0.433 e. The highest BCUT2D eigenvalue weighted by atomic mass is 35.5. The van der Waals surface area contributed by atoms with Crippen LogP contribution in [0.15, 0.2) is 24.5 Å². The van der Waals surface area contributed by atoms with Crippen LogP contribution in [0.1, 0.15) is 30.1 Å². The summed E-state index contributed by atoms with van der Waals surface area (Å²) in [6.45, 7) is 0. The zero-order chi connectivity index (χ0) is 22.1. The van der Waals surface area contributed by atoms with Crippen molar-refractivity contribution in [2.75, 3.05) is 7.11 Å². The first-order valence-electron chi connectivity index (χ1n) is 7.45. The van der Waals surface area contributed by atoms with Gasteiger partial charge in [0.05, 0.1) is 13.5 Å². The fourth-order valence-corrected chi connectivity index (χ4v) is 1.63. The number of hydrogen-bond donors (Lipinski definition) is 0. The van der Waals surface area contributed by atoms with E-state index in [0.717, 1.165) is 24.5 Å². The second-order valence-electron chi connectivity index (χ2n) is 4.85. The van der Waals surface area contributed by atoms with Gasteiger partial charge >= 0.3 is 18.3 Å². The number of nitrogens with zero attached hydrogens (tertiary/aromatic N) is 4. The zero-order valence-electron chi connectivity index (χ0n) is 14.5. The molecule has 2 aromatic rings. The highest BCUT2D eigenvalue weighted by Crippen LogP contribution is 2.27. The smallest absolute Gasteiger partial charge is 0.433 e. The number of ether oxygens (including phenoxy) is 1. The normalized spacial score (nSPS) is 10.9. The Labute approximate surface area is 165 Å². The quantitative estimate of drug-likeness (QED) is 0.304. The van der Waals surface area contributed by atoms with Crippen LogP contribution < -0.4 is 0 Å². The summed E-state index contributed by atoms with van der Waals surface area (Å²) >= 11 is 5.13. The number of rotatable bonds is 2. The van der Waals surface area contributed by atoms with E-state index in [9.17, 15) is 31.1 Å². The summed E-state index contributed by atoms with van der Waals surface area (Å²) in [5, 5.41) is -0.403. The van der Waals surface area contributed by atoms with E-state index in [-0.39, 0.29) is 18.7 Å². The van der Waals surface area contributed by atoms with E-state index in [4.69, 9.17) is 11.6 Å². The Hall–Kier alpha value is -2.94. The molecule has 0 saturated carbocycles. The van der Waals surface area contributed by atoms with Gasteiger partial charge in [0.25, 0.3) is 0 Å². The van der Waals surface area contributed by atoms with Crippen LogP contribution in [-0.4, -0.2) is 33.0 Å². The van der Waals surface area contributed by atoms with Crippen molar-refractivity contribution in [1.29, 1.82) is 0 Å². The van der Waals surface area contributed by atoms with Gasteiger partial charge in [0.2, 0.25) is 11.1 Å². The Morgan fingerprint density at radius 1 is 1.03 bits per heavy atom. The van der Waals surface area contributed by atoms with Crippen molar-refractivity contribution in [1.82, 2.24) is 19.9 Å². The fraction of sp³-hybridized carbons (Fsp3) is 0.312. The maximum absolute atomic E-state index is 12.3. The standard InChI is InChI=1S/C11H9F3N2O2.C5H2ClF3N2/c1-18-10(17)5-3-2-4-9-15-7-6-8(16-9)11(12,13)14;6-4-10-2-1-3(11-4)5(7,8)9/h6-7H,3,5H2,1H3;1-2H. The van der Waals surface area contributed by atoms with E-state index in [1.54, 1.807) is 0 Å². The molecule has 0 saturated heterocycles. The Morgan fingerprint density at radius 3 is 2.07 bits per heavy atom. The topological polar surface area (TPSA) is 77.9 Å². The van der Waals surface area contributed by atoms with Crippen LogP contribution in [0.3, 0.4) is 0 Å². The summed E-state index contributed by atoms with van der Waals surface area (Å²) in [6, 6.07) is 1.52. The van der Waals surface area contributed by atoms with E-state index in [1.165, 1.54) is 7.11 Å². The minimum Gasteiger partial charge on any atom is -0.469 e. The summed E-state index contributed by atoms with van der Waals surface area (Å²) < 4.78 is 76.8.